The van der Waals surface area contributed by atoms with Crippen LogP contribution >= 0.6 is 0 Å². The number of benzene rings is 2. The molecule has 1 aliphatic heterocycles. The Morgan fingerprint density at radius 3 is 2.04 bits per heavy atom. The molecule has 142 valence electrons. The van der Waals surface area contributed by atoms with E-state index >= 15 is 0 Å². The van der Waals surface area contributed by atoms with E-state index in [-0.39, 0.29) is 24.4 Å². The van der Waals surface area contributed by atoms with Crippen molar-refractivity contribution in [2.24, 2.45) is 0 Å². The van der Waals surface area contributed by atoms with Crippen LogP contribution in [0.2, 0.25) is 0 Å². The number of rotatable bonds is 5. The van der Waals surface area contributed by atoms with Gasteiger partial charge in [0.2, 0.25) is 11.8 Å². The molecule has 2 amide bonds. The molecule has 1 unspecified atom stereocenters. The van der Waals surface area contributed by atoms with E-state index in [0.717, 1.165) is 18.7 Å². The highest BCUT2D eigenvalue weighted by atomic mass is 16.2. The van der Waals surface area contributed by atoms with Gasteiger partial charge in [-0.25, -0.2) is 0 Å². The van der Waals surface area contributed by atoms with E-state index in [0.29, 0.717) is 13.1 Å². The summed E-state index contributed by atoms with van der Waals surface area (Å²) in [4.78, 5) is 30.8. The van der Waals surface area contributed by atoms with Crippen LogP contribution in [0.3, 0.4) is 0 Å². The molecule has 0 aliphatic carbocycles. The first-order valence-electron chi connectivity index (χ1n) is 9.46. The van der Waals surface area contributed by atoms with Crippen LogP contribution in [0, 0.1) is 0 Å². The van der Waals surface area contributed by atoms with E-state index in [4.69, 9.17) is 0 Å². The van der Waals surface area contributed by atoms with Crippen LogP contribution in [0.15, 0.2) is 60.7 Å². The smallest absolute Gasteiger partial charge is 0.242 e. The minimum absolute atomic E-state index is 0.0145. The lowest BCUT2D eigenvalue weighted by molar-refractivity contribution is -0.141. The SMILES string of the molecule is CC(=O)N(CC(=O)N1CCN(c2ccccc2)CC1)C(C)c1ccccc1. The lowest BCUT2D eigenvalue weighted by atomic mass is 10.1. The van der Waals surface area contributed by atoms with Crippen molar-refractivity contribution in [1.82, 2.24) is 9.80 Å². The molecule has 0 aromatic heterocycles. The Kier molecular flexibility index (Phi) is 6.12. The van der Waals surface area contributed by atoms with Crippen LogP contribution in [0.1, 0.15) is 25.5 Å². The molecule has 1 atom stereocenters. The monoisotopic (exact) mass is 365 g/mol. The average molecular weight is 365 g/mol. The number of carbonyl (C=O) groups excluding carboxylic acids is 2. The Morgan fingerprint density at radius 2 is 1.48 bits per heavy atom. The van der Waals surface area contributed by atoms with E-state index in [9.17, 15) is 9.59 Å². The van der Waals surface area contributed by atoms with E-state index in [1.54, 1.807) is 4.90 Å². The Labute approximate surface area is 161 Å². The largest absolute Gasteiger partial charge is 0.368 e. The summed E-state index contributed by atoms with van der Waals surface area (Å²) in [7, 11) is 0. The van der Waals surface area contributed by atoms with Gasteiger partial charge in [-0.3, -0.25) is 9.59 Å². The molecule has 5 heteroatoms. The van der Waals surface area contributed by atoms with Gasteiger partial charge in [0.05, 0.1) is 6.04 Å². The minimum Gasteiger partial charge on any atom is -0.368 e. The van der Waals surface area contributed by atoms with Crippen molar-refractivity contribution in [3.63, 3.8) is 0 Å². The number of anilines is 1. The lowest BCUT2D eigenvalue weighted by Crippen LogP contribution is -2.52. The topological polar surface area (TPSA) is 43.9 Å². The maximum Gasteiger partial charge on any atom is 0.242 e. The first kappa shape index (κ1) is 19.0. The van der Waals surface area contributed by atoms with Gasteiger partial charge < -0.3 is 14.7 Å². The van der Waals surface area contributed by atoms with Gasteiger partial charge in [0.15, 0.2) is 0 Å². The number of hydrogen-bond acceptors (Lipinski definition) is 3. The molecule has 27 heavy (non-hydrogen) atoms. The molecule has 5 nitrogen and oxygen atoms in total. The number of amides is 2. The van der Waals surface area contributed by atoms with Crippen molar-refractivity contribution >= 4 is 17.5 Å². The first-order valence-corrected chi connectivity index (χ1v) is 9.46. The fourth-order valence-corrected chi connectivity index (χ4v) is 3.53. The second-order valence-electron chi connectivity index (χ2n) is 6.94. The number of piperazine rings is 1. The van der Waals surface area contributed by atoms with Crippen molar-refractivity contribution in [2.75, 3.05) is 37.6 Å². The van der Waals surface area contributed by atoms with Gasteiger partial charge in [-0.05, 0) is 24.6 Å². The Balaban J connectivity index is 1.59. The summed E-state index contributed by atoms with van der Waals surface area (Å²) in [5, 5.41) is 0. The van der Waals surface area contributed by atoms with Gasteiger partial charge in [0.25, 0.3) is 0 Å². The summed E-state index contributed by atoms with van der Waals surface area (Å²) in [5.41, 5.74) is 2.22. The fraction of sp³-hybridized carbons (Fsp3) is 0.364. The molecule has 2 aromatic rings. The summed E-state index contributed by atoms with van der Waals surface area (Å²) in [5.74, 6) is -0.0664. The third kappa shape index (κ3) is 4.67. The highest BCUT2D eigenvalue weighted by molar-refractivity contribution is 5.84. The number of nitrogens with zero attached hydrogens (tertiary/aromatic N) is 3. The quantitative estimate of drug-likeness (QED) is 0.818. The second-order valence-corrected chi connectivity index (χ2v) is 6.94. The third-order valence-electron chi connectivity index (χ3n) is 5.21. The Morgan fingerprint density at radius 1 is 0.926 bits per heavy atom. The van der Waals surface area contributed by atoms with Crippen LogP contribution in [-0.4, -0.2) is 54.3 Å². The summed E-state index contributed by atoms with van der Waals surface area (Å²) in [6, 6.07) is 20.0. The minimum atomic E-state index is -0.127. The summed E-state index contributed by atoms with van der Waals surface area (Å²) < 4.78 is 0. The Hall–Kier alpha value is -2.82. The zero-order chi connectivity index (χ0) is 19.2. The van der Waals surface area contributed by atoms with Gasteiger partial charge in [0, 0.05) is 38.8 Å². The molecule has 1 heterocycles. The fourth-order valence-electron chi connectivity index (χ4n) is 3.53. The van der Waals surface area contributed by atoms with Gasteiger partial charge in [0.1, 0.15) is 6.54 Å². The van der Waals surface area contributed by atoms with E-state index in [2.05, 4.69) is 17.0 Å². The van der Waals surface area contributed by atoms with Gasteiger partial charge in [-0.2, -0.15) is 0 Å². The first-order chi connectivity index (χ1) is 13.1. The maximum absolute atomic E-state index is 12.8. The van der Waals surface area contributed by atoms with Crippen molar-refractivity contribution < 1.29 is 9.59 Å². The molecule has 0 N–H and O–H groups in total. The van der Waals surface area contributed by atoms with Crippen LogP contribution in [0.4, 0.5) is 5.69 Å². The number of hydrogen-bond donors (Lipinski definition) is 0. The molecule has 3 rings (SSSR count). The molecule has 0 bridgehead atoms. The molecular weight excluding hydrogens is 338 g/mol. The molecule has 0 radical (unpaired) electrons. The summed E-state index contributed by atoms with van der Waals surface area (Å²) >= 11 is 0. The van der Waals surface area contributed by atoms with Gasteiger partial charge >= 0.3 is 0 Å². The molecule has 1 aliphatic rings. The zero-order valence-electron chi connectivity index (χ0n) is 16.0. The molecule has 0 spiro atoms. The highest BCUT2D eigenvalue weighted by Crippen LogP contribution is 2.21. The predicted molar refractivity (Wildman–Crippen MR) is 107 cm³/mol. The molecular formula is C22H27N3O2. The average Bonchev–Trinajstić information content (AvgIpc) is 2.72. The van der Waals surface area contributed by atoms with Crippen LogP contribution in [0.5, 0.6) is 0 Å². The van der Waals surface area contributed by atoms with Crippen molar-refractivity contribution in [1.29, 1.82) is 0 Å². The van der Waals surface area contributed by atoms with Gasteiger partial charge in [-0.1, -0.05) is 48.5 Å². The predicted octanol–water partition coefficient (Wildman–Crippen LogP) is 2.94. The number of para-hydroxylation sites is 1. The third-order valence-corrected chi connectivity index (χ3v) is 5.21. The number of carbonyl (C=O) groups is 2. The normalized spacial score (nSPS) is 15.3. The lowest BCUT2D eigenvalue weighted by Gasteiger charge is -2.37. The van der Waals surface area contributed by atoms with E-state index in [1.165, 1.54) is 12.6 Å². The van der Waals surface area contributed by atoms with Crippen LogP contribution in [-0.2, 0) is 9.59 Å². The van der Waals surface area contributed by atoms with Gasteiger partial charge in [-0.15, -0.1) is 0 Å². The van der Waals surface area contributed by atoms with E-state index < -0.39 is 0 Å². The summed E-state index contributed by atoms with van der Waals surface area (Å²) in [6.07, 6.45) is 0. The van der Waals surface area contributed by atoms with Crippen molar-refractivity contribution in [3.05, 3.63) is 66.2 Å². The zero-order valence-corrected chi connectivity index (χ0v) is 16.0. The summed E-state index contributed by atoms with van der Waals surface area (Å²) in [6.45, 7) is 6.60. The van der Waals surface area contributed by atoms with Crippen molar-refractivity contribution in [3.8, 4) is 0 Å². The molecule has 2 aromatic carbocycles. The highest BCUT2D eigenvalue weighted by Gasteiger charge is 2.26. The van der Waals surface area contributed by atoms with E-state index in [1.807, 2.05) is 60.4 Å². The molecule has 1 saturated heterocycles. The molecule has 0 saturated carbocycles. The van der Waals surface area contributed by atoms with Crippen molar-refractivity contribution in [2.45, 2.75) is 19.9 Å². The van der Waals surface area contributed by atoms with Crippen LogP contribution in [0.25, 0.3) is 0 Å². The maximum atomic E-state index is 12.8. The van der Waals surface area contributed by atoms with Crippen LogP contribution < -0.4 is 4.90 Å². The standard InChI is InChI=1S/C22H27N3O2/c1-18(20-9-5-3-6-10-20)25(19(2)26)17-22(27)24-15-13-23(14-16-24)21-11-7-4-8-12-21/h3-12,18H,13-17H2,1-2H3. The second kappa shape index (κ2) is 8.71. The molecule has 1 fully saturated rings. The Bertz CT molecular complexity index is 756.